The van der Waals surface area contributed by atoms with Gasteiger partial charge in [-0.3, -0.25) is 19.2 Å². The Morgan fingerprint density at radius 2 is 1.87 bits per heavy atom. The van der Waals surface area contributed by atoms with E-state index in [9.17, 15) is 19.2 Å². The second-order valence-corrected chi connectivity index (χ2v) is 16.3. The largest absolute Gasteiger partial charge is 0.379 e. The molecule has 3 amide bonds. The number of hydrogen-bond donors (Lipinski definition) is 3. The zero-order valence-electron chi connectivity index (χ0n) is 33.2. The Bertz CT molecular complexity index is 1540. The van der Waals surface area contributed by atoms with Crippen LogP contribution in [0.15, 0.2) is 41.9 Å². The van der Waals surface area contributed by atoms with E-state index in [2.05, 4.69) is 15.6 Å². The zero-order chi connectivity index (χ0) is 39.8. The summed E-state index contributed by atoms with van der Waals surface area (Å²) in [5.41, 5.74) is 3.36. The van der Waals surface area contributed by atoms with Crippen LogP contribution in [0.1, 0.15) is 83.3 Å². The Morgan fingerprint density at radius 1 is 1.17 bits per heavy atom. The Balaban J connectivity index is 1.52. The van der Waals surface area contributed by atoms with E-state index in [0.29, 0.717) is 32.4 Å². The lowest BCUT2D eigenvalue weighted by atomic mass is 9.75. The van der Waals surface area contributed by atoms with Gasteiger partial charge in [0.2, 0.25) is 17.6 Å². The summed E-state index contributed by atoms with van der Waals surface area (Å²) in [6.07, 6.45) is 2.85. The average Bonchev–Trinajstić information content (AvgIpc) is 3.97. The van der Waals surface area contributed by atoms with Gasteiger partial charge < -0.3 is 35.6 Å². The van der Waals surface area contributed by atoms with Gasteiger partial charge in [0, 0.05) is 52.4 Å². The summed E-state index contributed by atoms with van der Waals surface area (Å²) in [7, 11) is 4.62. The van der Waals surface area contributed by atoms with Gasteiger partial charge in [-0.2, -0.15) is 0 Å². The van der Waals surface area contributed by atoms with Crippen molar-refractivity contribution in [1.82, 2.24) is 25.4 Å². The van der Waals surface area contributed by atoms with Gasteiger partial charge in [-0.1, -0.05) is 71.4 Å². The smallest absolute Gasteiger partial charge is 0.250 e. The van der Waals surface area contributed by atoms with Gasteiger partial charge in [0.1, 0.15) is 5.01 Å². The Labute approximate surface area is 324 Å². The van der Waals surface area contributed by atoms with E-state index >= 15 is 4.39 Å². The quantitative estimate of drug-likeness (QED) is 0.179. The minimum Gasteiger partial charge on any atom is -0.379 e. The van der Waals surface area contributed by atoms with Gasteiger partial charge >= 0.3 is 0 Å². The van der Waals surface area contributed by atoms with Gasteiger partial charge in [-0.25, -0.2) is 9.37 Å². The number of amides is 3. The number of ether oxygens (including phenoxy) is 2. The van der Waals surface area contributed by atoms with E-state index in [-0.39, 0.29) is 49.2 Å². The third-order valence-electron chi connectivity index (χ3n) is 11.7. The molecule has 1 aromatic carbocycles. The minimum atomic E-state index is -2.25. The van der Waals surface area contributed by atoms with Gasteiger partial charge in [0.15, 0.2) is 11.2 Å². The number of thiazole rings is 1. The van der Waals surface area contributed by atoms with Crippen LogP contribution >= 0.6 is 11.3 Å². The van der Waals surface area contributed by atoms with Crippen LogP contribution in [0.3, 0.4) is 0 Å². The van der Waals surface area contributed by atoms with E-state index < -0.39 is 53.0 Å². The zero-order valence-corrected chi connectivity index (χ0v) is 34.0. The van der Waals surface area contributed by atoms with Crippen molar-refractivity contribution >= 4 is 34.8 Å². The fraction of sp³-hybridized carbons (Fsp3) is 0.675. The molecule has 0 spiro atoms. The van der Waals surface area contributed by atoms with E-state index in [1.54, 1.807) is 39.1 Å². The maximum Gasteiger partial charge on any atom is 0.250 e. The maximum absolute atomic E-state index is 15.9. The van der Waals surface area contributed by atoms with Crippen LogP contribution in [0.5, 0.6) is 0 Å². The molecule has 0 bridgehead atoms. The monoisotopic (exact) mass is 772 g/mol. The molecule has 2 saturated heterocycles. The highest BCUT2D eigenvalue weighted by molar-refractivity contribution is 7.09. The lowest BCUT2D eigenvalue weighted by molar-refractivity contribution is -0.156. The minimum absolute atomic E-state index is 0.0572. The summed E-state index contributed by atoms with van der Waals surface area (Å²) in [4.78, 5) is 63.9. The lowest BCUT2D eigenvalue weighted by Crippen LogP contribution is -2.70. The van der Waals surface area contributed by atoms with Crippen molar-refractivity contribution in [3.8, 4) is 0 Å². The molecule has 4 rings (SSSR count). The van der Waals surface area contributed by atoms with Crippen molar-refractivity contribution in [3.05, 3.63) is 52.5 Å². The maximum atomic E-state index is 15.9. The first-order chi connectivity index (χ1) is 25.6. The summed E-state index contributed by atoms with van der Waals surface area (Å²) in [5, 5.41) is 8.78. The third-order valence-corrected chi connectivity index (χ3v) is 12.6. The number of nitrogens with one attached hydrogen (secondary N) is 2. The molecular weight excluding hydrogens is 712 g/mol. The van der Waals surface area contributed by atoms with Crippen molar-refractivity contribution < 1.29 is 33.0 Å². The number of methoxy groups -OCH3 is 2. The number of aromatic nitrogens is 1. The number of likely N-dealkylation sites (N-methyl/N-ethyl adjacent to an activating group) is 1. The number of hydrogen-bond acceptors (Lipinski definition) is 10. The van der Waals surface area contributed by atoms with E-state index in [1.165, 1.54) is 23.3 Å². The first-order valence-electron chi connectivity index (χ1n) is 19.2. The molecular formula is C40H61FN6O6S. The van der Waals surface area contributed by atoms with Crippen LogP contribution in [0.25, 0.3) is 0 Å². The number of carbonyl (C=O) groups excluding carboxylic acids is 4. The van der Waals surface area contributed by atoms with Crippen molar-refractivity contribution in [2.75, 3.05) is 40.9 Å². The van der Waals surface area contributed by atoms with E-state index in [4.69, 9.17) is 15.2 Å². The van der Waals surface area contributed by atoms with Gasteiger partial charge in [0.05, 0.1) is 42.7 Å². The van der Waals surface area contributed by atoms with Crippen molar-refractivity contribution in [2.24, 2.45) is 23.5 Å². The highest BCUT2D eigenvalue weighted by Gasteiger charge is 2.57. The SMILES string of the molecule is CC[C@H](C)[C@@H]([C@@H](CC(=O)N1CCC[C@H]1[C@H](OC)[C@@H](C)C(=O)N[C@@H](Cc1ccccc1)c1nccs1)OC)N(C)C(=O)[C@](N)(C(=O)[C@@]1(F)CCNC1)C(C)C. The molecule has 0 radical (unpaired) electrons. The standard InChI is InChI=1S/C40H61FN6O6S/c1-9-26(4)33(46(6)38(51)40(42,25(2)3)37(50)39(41)17-18-43-24-39)31(52-7)23-32(48)47-20-13-16-30(47)34(53-8)27(5)35(49)45-29(36-44-19-21-54-36)22-28-14-11-10-12-15-28/h10-12,14-15,19,21,25-27,29-31,33-34,43H,9,13,16-18,20,22-24,42H2,1-8H3,(H,45,49)/t26-,27+,29-,30-,31+,33-,34+,39+,40+/m0/s1. The highest BCUT2D eigenvalue weighted by atomic mass is 32.1. The van der Waals surface area contributed by atoms with Crippen molar-refractivity contribution in [1.29, 1.82) is 0 Å². The van der Waals surface area contributed by atoms with Crippen molar-refractivity contribution in [2.45, 2.75) is 115 Å². The molecule has 2 aliphatic rings. The number of rotatable bonds is 19. The number of nitrogens with two attached hydrogens (primary N) is 1. The normalized spacial score (nSPS) is 23.2. The molecule has 300 valence electrons. The summed E-state index contributed by atoms with van der Waals surface area (Å²) < 4.78 is 27.8. The van der Waals surface area contributed by atoms with Gasteiger partial charge in [-0.15, -0.1) is 11.3 Å². The average molecular weight is 773 g/mol. The number of alkyl halides is 1. The number of halogens is 1. The number of Topliss-reactive ketones (excluding diaryl/α,β-unsaturated/α-hetero) is 1. The van der Waals surface area contributed by atoms with Crippen LogP contribution in [-0.2, 0) is 35.1 Å². The Kier molecular flexibility index (Phi) is 15.3. The summed E-state index contributed by atoms with van der Waals surface area (Å²) in [6, 6.07) is 8.57. The molecule has 2 aromatic rings. The fourth-order valence-corrected chi connectivity index (χ4v) is 8.87. The van der Waals surface area contributed by atoms with Crippen LogP contribution < -0.4 is 16.4 Å². The summed E-state index contributed by atoms with van der Waals surface area (Å²) in [5.74, 6) is -3.48. The molecule has 3 heterocycles. The number of nitrogens with zero attached hydrogens (tertiary/aromatic N) is 3. The second kappa shape index (κ2) is 19.0. The molecule has 1 aromatic heterocycles. The molecule has 12 nitrogen and oxygen atoms in total. The highest BCUT2D eigenvalue weighted by Crippen LogP contribution is 2.34. The van der Waals surface area contributed by atoms with Crippen molar-refractivity contribution in [3.63, 3.8) is 0 Å². The fourth-order valence-electron chi connectivity index (χ4n) is 8.18. The van der Waals surface area contributed by atoms with E-state index in [1.807, 2.05) is 56.5 Å². The molecule has 2 fully saturated rings. The number of benzene rings is 1. The molecule has 9 atom stereocenters. The molecule has 0 saturated carbocycles. The number of likely N-dealkylation sites (tertiary alicyclic amines) is 1. The Hall–Kier alpha value is -3.30. The first kappa shape index (κ1) is 43.4. The first-order valence-corrected chi connectivity index (χ1v) is 20.1. The van der Waals surface area contributed by atoms with E-state index in [0.717, 1.165) is 17.0 Å². The molecule has 54 heavy (non-hydrogen) atoms. The van der Waals surface area contributed by atoms with Crippen LogP contribution in [0.4, 0.5) is 4.39 Å². The summed E-state index contributed by atoms with van der Waals surface area (Å²) in [6.45, 7) is 9.64. The molecule has 0 aliphatic carbocycles. The predicted molar refractivity (Wildman–Crippen MR) is 207 cm³/mol. The third kappa shape index (κ3) is 9.38. The predicted octanol–water partition coefficient (Wildman–Crippen LogP) is 4.09. The molecule has 0 unspecified atom stereocenters. The molecule has 14 heteroatoms. The van der Waals surface area contributed by atoms with Gasteiger partial charge in [0.25, 0.3) is 5.91 Å². The van der Waals surface area contributed by atoms with Gasteiger partial charge in [-0.05, 0) is 43.2 Å². The topological polar surface area (TPSA) is 156 Å². The molecule has 2 aliphatic heterocycles. The number of carbonyl (C=O) groups is 4. The Morgan fingerprint density at radius 3 is 2.43 bits per heavy atom. The molecule has 4 N–H and O–H groups in total. The number of ketones is 1. The second-order valence-electron chi connectivity index (χ2n) is 15.4. The van der Waals surface area contributed by atoms with Crippen LogP contribution in [-0.4, -0.2) is 115 Å². The van der Waals surface area contributed by atoms with Crippen LogP contribution in [0, 0.1) is 17.8 Å². The summed E-state index contributed by atoms with van der Waals surface area (Å²) >= 11 is 1.49. The van der Waals surface area contributed by atoms with Crippen LogP contribution in [0.2, 0.25) is 0 Å². The lowest BCUT2D eigenvalue weighted by Gasteiger charge is -2.44.